The Bertz CT molecular complexity index is 1030. The molecule has 0 radical (unpaired) electrons. The molecule has 150 valence electrons. The Morgan fingerprint density at radius 1 is 1.03 bits per heavy atom. The first-order chi connectivity index (χ1) is 14.1. The van der Waals surface area contributed by atoms with E-state index in [2.05, 4.69) is 10.4 Å². The minimum atomic E-state index is -0.348. The predicted molar refractivity (Wildman–Crippen MR) is 110 cm³/mol. The SMILES string of the molecule is COc1ccc(-c2ccc(=O)n(CC(=O)NCCc3ccccc3)n2)c(OC)c1. The Morgan fingerprint density at radius 2 is 1.83 bits per heavy atom. The molecule has 0 aliphatic rings. The topological polar surface area (TPSA) is 82.5 Å². The number of nitrogens with one attached hydrogen (secondary N) is 1. The molecule has 0 bridgehead atoms. The summed E-state index contributed by atoms with van der Waals surface area (Å²) in [6, 6.07) is 18.2. The summed E-state index contributed by atoms with van der Waals surface area (Å²) in [5, 5.41) is 7.16. The van der Waals surface area contributed by atoms with Gasteiger partial charge in [-0.3, -0.25) is 9.59 Å². The summed E-state index contributed by atoms with van der Waals surface area (Å²) in [7, 11) is 3.12. The van der Waals surface area contributed by atoms with Crippen molar-refractivity contribution in [1.29, 1.82) is 0 Å². The third-order valence-corrected chi connectivity index (χ3v) is 4.42. The van der Waals surface area contributed by atoms with Crippen LogP contribution in [0.2, 0.25) is 0 Å². The number of hydrogen-bond donors (Lipinski definition) is 1. The second-order valence-corrected chi connectivity index (χ2v) is 6.37. The van der Waals surface area contributed by atoms with Crippen LogP contribution in [-0.4, -0.2) is 36.5 Å². The maximum absolute atomic E-state index is 12.3. The molecule has 1 aromatic heterocycles. The van der Waals surface area contributed by atoms with Gasteiger partial charge in [-0.15, -0.1) is 0 Å². The molecule has 2 aromatic carbocycles. The van der Waals surface area contributed by atoms with Crippen LogP contribution in [0.15, 0.2) is 65.5 Å². The van der Waals surface area contributed by atoms with E-state index in [4.69, 9.17) is 9.47 Å². The fourth-order valence-electron chi connectivity index (χ4n) is 2.90. The van der Waals surface area contributed by atoms with Crippen LogP contribution in [0, 0.1) is 0 Å². The van der Waals surface area contributed by atoms with Crippen LogP contribution in [0.5, 0.6) is 11.5 Å². The fraction of sp³-hybridized carbons (Fsp3) is 0.227. The van der Waals surface area contributed by atoms with Gasteiger partial charge in [-0.05, 0) is 30.2 Å². The normalized spacial score (nSPS) is 10.4. The Labute approximate surface area is 168 Å². The van der Waals surface area contributed by atoms with Crippen LogP contribution >= 0.6 is 0 Å². The van der Waals surface area contributed by atoms with Crippen molar-refractivity contribution < 1.29 is 14.3 Å². The van der Waals surface area contributed by atoms with Gasteiger partial charge in [0.2, 0.25) is 5.91 Å². The van der Waals surface area contributed by atoms with Gasteiger partial charge in [-0.25, -0.2) is 4.68 Å². The Morgan fingerprint density at radius 3 is 2.55 bits per heavy atom. The van der Waals surface area contributed by atoms with E-state index in [9.17, 15) is 9.59 Å². The zero-order chi connectivity index (χ0) is 20.6. The van der Waals surface area contributed by atoms with Crippen molar-refractivity contribution in [2.24, 2.45) is 0 Å². The molecular weight excluding hydrogens is 370 g/mol. The Hall–Kier alpha value is -3.61. The molecule has 1 heterocycles. The van der Waals surface area contributed by atoms with Crippen molar-refractivity contribution in [3.63, 3.8) is 0 Å². The number of nitrogens with zero attached hydrogens (tertiary/aromatic N) is 2. The molecule has 7 nitrogen and oxygen atoms in total. The quantitative estimate of drug-likeness (QED) is 0.635. The first-order valence-corrected chi connectivity index (χ1v) is 9.22. The molecule has 29 heavy (non-hydrogen) atoms. The first-order valence-electron chi connectivity index (χ1n) is 9.22. The van der Waals surface area contributed by atoms with E-state index < -0.39 is 0 Å². The minimum absolute atomic E-state index is 0.153. The molecule has 0 fully saturated rings. The van der Waals surface area contributed by atoms with Crippen molar-refractivity contribution in [2.45, 2.75) is 13.0 Å². The zero-order valence-electron chi connectivity index (χ0n) is 16.4. The molecule has 0 aliphatic carbocycles. The summed E-state index contributed by atoms with van der Waals surface area (Å²) in [6.07, 6.45) is 0.720. The summed E-state index contributed by atoms with van der Waals surface area (Å²) in [4.78, 5) is 24.4. The lowest BCUT2D eigenvalue weighted by Gasteiger charge is -2.12. The molecule has 0 saturated heterocycles. The maximum atomic E-state index is 12.3. The lowest BCUT2D eigenvalue weighted by atomic mass is 10.1. The standard InChI is InChI=1S/C22H23N3O4/c1-28-17-8-9-18(20(14-17)29-2)19-10-11-22(27)25(24-19)15-21(26)23-13-12-16-6-4-3-5-7-16/h3-11,14H,12-13,15H2,1-2H3,(H,23,26). The van der Waals surface area contributed by atoms with Crippen molar-refractivity contribution >= 4 is 5.91 Å². The van der Waals surface area contributed by atoms with Crippen LogP contribution in [0.25, 0.3) is 11.3 Å². The van der Waals surface area contributed by atoms with Gasteiger partial charge < -0.3 is 14.8 Å². The lowest BCUT2D eigenvalue weighted by molar-refractivity contribution is -0.121. The molecule has 7 heteroatoms. The smallest absolute Gasteiger partial charge is 0.267 e. The largest absolute Gasteiger partial charge is 0.497 e. The van der Waals surface area contributed by atoms with E-state index in [-0.39, 0.29) is 18.0 Å². The van der Waals surface area contributed by atoms with Crippen LogP contribution in [0.1, 0.15) is 5.56 Å². The number of amides is 1. The first kappa shape index (κ1) is 20.1. The second kappa shape index (κ2) is 9.54. The van der Waals surface area contributed by atoms with E-state index >= 15 is 0 Å². The predicted octanol–water partition coefficient (Wildman–Crippen LogP) is 2.29. The molecule has 3 aromatic rings. The van der Waals surface area contributed by atoms with Gasteiger partial charge >= 0.3 is 0 Å². The van der Waals surface area contributed by atoms with Crippen LogP contribution in [0.4, 0.5) is 0 Å². The number of benzene rings is 2. The number of rotatable bonds is 8. The van der Waals surface area contributed by atoms with Crippen molar-refractivity contribution in [2.75, 3.05) is 20.8 Å². The van der Waals surface area contributed by atoms with E-state index in [1.807, 2.05) is 30.3 Å². The van der Waals surface area contributed by atoms with Crippen LogP contribution < -0.4 is 20.3 Å². The van der Waals surface area contributed by atoms with E-state index in [0.717, 1.165) is 16.7 Å². The number of hydrogen-bond acceptors (Lipinski definition) is 5. The van der Waals surface area contributed by atoms with Gasteiger partial charge in [0.1, 0.15) is 18.0 Å². The lowest BCUT2D eigenvalue weighted by Crippen LogP contribution is -2.34. The average Bonchev–Trinajstić information content (AvgIpc) is 2.75. The number of carbonyl (C=O) groups excluding carboxylic acids is 1. The summed E-state index contributed by atoms with van der Waals surface area (Å²) in [5.74, 6) is 0.945. The summed E-state index contributed by atoms with van der Waals surface area (Å²) in [6.45, 7) is 0.337. The monoisotopic (exact) mass is 393 g/mol. The Kier molecular flexibility index (Phi) is 6.63. The third-order valence-electron chi connectivity index (χ3n) is 4.42. The van der Waals surface area contributed by atoms with E-state index in [0.29, 0.717) is 29.3 Å². The van der Waals surface area contributed by atoms with Gasteiger partial charge in [0.25, 0.3) is 5.56 Å². The number of methoxy groups -OCH3 is 2. The minimum Gasteiger partial charge on any atom is -0.497 e. The summed E-state index contributed by atoms with van der Waals surface area (Å²) in [5.41, 5.74) is 2.02. The zero-order valence-corrected chi connectivity index (χ0v) is 16.4. The summed E-state index contributed by atoms with van der Waals surface area (Å²) < 4.78 is 11.8. The second-order valence-electron chi connectivity index (χ2n) is 6.37. The molecule has 1 N–H and O–H groups in total. The molecule has 1 amide bonds. The van der Waals surface area contributed by atoms with Crippen molar-refractivity contribution in [3.8, 4) is 22.8 Å². The van der Waals surface area contributed by atoms with Crippen molar-refractivity contribution in [1.82, 2.24) is 15.1 Å². The van der Waals surface area contributed by atoms with E-state index in [1.54, 1.807) is 38.5 Å². The number of aromatic nitrogens is 2. The highest BCUT2D eigenvalue weighted by molar-refractivity contribution is 5.75. The van der Waals surface area contributed by atoms with Gasteiger partial charge in [-0.2, -0.15) is 5.10 Å². The number of ether oxygens (including phenoxy) is 2. The molecular formula is C22H23N3O4. The van der Waals surface area contributed by atoms with Crippen LogP contribution in [0.3, 0.4) is 0 Å². The average molecular weight is 393 g/mol. The molecule has 3 rings (SSSR count). The highest BCUT2D eigenvalue weighted by atomic mass is 16.5. The van der Waals surface area contributed by atoms with Crippen LogP contribution in [-0.2, 0) is 17.8 Å². The van der Waals surface area contributed by atoms with Gasteiger partial charge in [0, 0.05) is 24.2 Å². The van der Waals surface area contributed by atoms with Gasteiger partial charge in [-0.1, -0.05) is 30.3 Å². The molecule has 0 saturated carbocycles. The molecule has 0 atom stereocenters. The summed E-state index contributed by atoms with van der Waals surface area (Å²) >= 11 is 0. The fourth-order valence-corrected chi connectivity index (χ4v) is 2.90. The molecule has 0 aliphatic heterocycles. The highest BCUT2D eigenvalue weighted by Gasteiger charge is 2.12. The number of carbonyl (C=O) groups is 1. The molecule has 0 spiro atoms. The van der Waals surface area contributed by atoms with Gasteiger partial charge in [0.15, 0.2) is 0 Å². The highest BCUT2D eigenvalue weighted by Crippen LogP contribution is 2.31. The maximum Gasteiger partial charge on any atom is 0.267 e. The third kappa shape index (κ3) is 5.22. The van der Waals surface area contributed by atoms with Gasteiger partial charge in [0.05, 0.1) is 19.9 Å². The molecule has 0 unspecified atom stereocenters. The van der Waals surface area contributed by atoms with Crippen molar-refractivity contribution in [3.05, 3.63) is 76.6 Å². The Balaban J connectivity index is 1.71. The van der Waals surface area contributed by atoms with E-state index in [1.165, 1.54) is 6.07 Å².